The number of thiophene rings is 1. The van der Waals surface area contributed by atoms with E-state index in [0.29, 0.717) is 16.3 Å². The van der Waals surface area contributed by atoms with Crippen molar-refractivity contribution in [1.82, 2.24) is 9.88 Å². The lowest BCUT2D eigenvalue weighted by molar-refractivity contribution is 0.256. The molecule has 0 N–H and O–H groups in total. The van der Waals surface area contributed by atoms with Crippen molar-refractivity contribution >= 4 is 34.5 Å². The number of aromatic nitrogens is 1. The average molecular weight is 301 g/mol. The fraction of sp³-hybridized carbons (Fsp3) is 0.308. The maximum Gasteiger partial charge on any atom is 0.131 e. The van der Waals surface area contributed by atoms with Gasteiger partial charge in [-0.1, -0.05) is 29.3 Å². The van der Waals surface area contributed by atoms with Crippen LogP contribution in [-0.4, -0.2) is 16.9 Å². The molecule has 1 atom stereocenters. The van der Waals surface area contributed by atoms with Crippen LogP contribution in [0.15, 0.2) is 29.6 Å². The Morgan fingerprint density at radius 2 is 2.00 bits per heavy atom. The average Bonchev–Trinajstić information content (AvgIpc) is 2.79. The number of halogens is 2. The molecule has 0 aliphatic heterocycles. The van der Waals surface area contributed by atoms with Gasteiger partial charge in [0, 0.05) is 17.5 Å². The second-order valence-electron chi connectivity index (χ2n) is 4.23. The van der Waals surface area contributed by atoms with Gasteiger partial charge in [0.25, 0.3) is 0 Å². The number of hydrogen-bond donors (Lipinski definition) is 0. The van der Waals surface area contributed by atoms with Crippen molar-refractivity contribution in [3.05, 3.63) is 50.4 Å². The summed E-state index contributed by atoms with van der Waals surface area (Å²) in [6, 6.07) is 8.30. The summed E-state index contributed by atoms with van der Waals surface area (Å²) in [4.78, 5) is 7.56. The maximum atomic E-state index is 5.90. The van der Waals surface area contributed by atoms with Crippen LogP contribution in [0.5, 0.6) is 0 Å². The summed E-state index contributed by atoms with van der Waals surface area (Å²) in [7, 11) is 2.09. The van der Waals surface area contributed by atoms with Crippen molar-refractivity contribution in [2.45, 2.75) is 19.5 Å². The zero-order valence-electron chi connectivity index (χ0n) is 10.2. The first-order valence-electron chi connectivity index (χ1n) is 5.62. The molecule has 2 heterocycles. The molecule has 0 amide bonds. The minimum atomic E-state index is 0.371. The Kier molecular flexibility index (Phi) is 4.62. The fourth-order valence-corrected chi connectivity index (χ4v) is 3.13. The Morgan fingerprint density at radius 3 is 2.56 bits per heavy atom. The molecule has 1 unspecified atom stereocenters. The summed E-state index contributed by atoms with van der Waals surface area (Å²) < 4.78 is 0. The molecular weight excluding hydrogens is 287 g/mol. The van der Waals surface area contributed by atoms with Gasteiger partial charge >= 0.3 is 0 Å². The van der Waals surface area contributed by atoms with E-state index in [2.05, 4.69) is 41.4 Å². The van der Waals surface area contributed by atoms with E-state index in [1.165, 1.54) is 4.88 Å². The van der Waals surface area contributed by atoms with Gasteiger partial charge in [-0.3, -0.25) is 4.90 Å². The van der Waals surface area contributed by atoms with Crippen LogP contribution in [0.1, 0.15) is 23.4 Å². The van der Waals surface area contributed by atoms with E-state index in [9.17, 15) is 0 Å². The molecule has 2 rings (SSSR count). The van der Waals surface area contributed by atoms with Gasteiger partial charge in [0.05, 0.1) is 0 Å². The molecule has 0 saturated heterocycles. The van der Waals surface area contributed by atoms with E-state index in [4.69, 9.17) is 23.2 Å². The van der Waals surface area contributed by atoms with Crippen molar-refractivity contribution in [3.63, 3.8) is 0 Å². The molecule has 0 aliphatic rings. The van der Waals surface area contributed by atoms with Crippen molar-refractivity contribution in [3.8, 4) is 0 Å². The quantitative estimate of drug-likeness (QED) is 0.765. The van der Waals surface area contributed by atoms with Gasteiger partial charge in [0.15, 0.2) is 0 Å². The topological polar surface area (TPSA) is 16.1 Å². The molecule has 0 radical (unpaired) electrons. The minimum absolute atomic E-state index is 0.371. The predicted octanol–water partition coefficient (Wildman–Crippen LogP) is 4.64. The van der Waals surface area contributed by atoms with Crippen molar-refractivity contribution in [1.29, 1.82) is 0 Å². The molecule has 18 heavy (non-hydrogen) atoms. The van der Waals surface area contributed by atoms with Gasteiger partial charge in [-0.25, -0.2) is 4.98 Å². The molecule has 2 aromatic rings. The van der Waals surface area contributed by atoms with E-state index in [-0.39, 0.29) is 0 Å². The van der Waals surface area contributed by atoms with Gasteiger partial charge in [-0.15, -0.1) is 11.3 Å². The monoisotopic (exact) mass is 300 g/mol. The highest BCUT2D eigenvalue weighted by atomic mass is 35.5. The third-order valence-corrected chi connectivity index (χ3v) is 4.30. The Balaban J connectivity index is 2.09. The summed E-state index contributed by atoms with van der Waals surface area (Å²) in [5.74, 6) is 0. The van der Waals surface area contributed by atoms with Crippen molar-refractivity contribution in [2.75, 3.05) is 7.05 Å². The molecule has 0 aromatic carbocycles. The number of pyridine rings is 1. The third kappa shape index (κ3) is 3.45. The number of hydrogen-bond acceptors (Lipinski definition) is 3. The van der Waals surface area contributed by atoms with Gasteiger partial charge in [0.1, 0.15) is 10.3 Å². The second kappa shape index (κ2) is 6.02. The summed E-state index contributed by atoms with van der Waals surface area (Å²) >= 11 is 13.6. The highest BCUT2D eigenvalue weighted by Gasteiger charge is 2.13. The summed E-state index contributed by atoms with van der Waals surface area (Å²) in [5.41, 5.74) is 1.07. The normalized spacial score (nSPS) is 12.9. The Morgan fingerprint density at radius 1 is 1.33 bits per heavy atom. The fourth-order valence-electron chi connectivity index (χ4n) is 1.78. The zero-order valence-corrected chi connectivity index (χ0v) is 12.6. The predicted molar refractivity (Wildman–Crippen MR) is 78.5 cm³/mol. The van der Waals surface area contributed by atoms with E-state index < -0.39 is 0 Å². The lowest BCUT2D eigenvalue weighted by Crippen LogP contribution is -2.21. The van der Waals surface area contributed by atoms with E-state index in [1.54, 1.807) is 11.3 Å². The van der Waals surface area contributed by atoms with Crippen molar-refractivity contribution < 1.29 is 0 Å². The molecule has 0 saturated carbocycles. The van der Waals surface area contributed by atoms with Crippen LogP contribution in [0.3, 0.4) is 0 Å². The molecule has 0 spiro atoms. The lowest BCUT2D eigenvalue weighted by Gasteiger charge is -2.23. The summed E-state index contributed by atoms with van der Waals surface area (Å²) in [6.45, 7) is 2.98. The van der Waals surface area contributed by atoms with Crippen LogP contribution in [0.2, 0.25) is 10.3 Å². The van der Waals surface area contributed by atoms with E-state index in [1.807, 2.05) is 12.1 Å². The van der Waals surface area contributed by atoms with Gasteiger partial charge in [0.2, 0.25) is 0 Å². The third-order valence-electron chi connectivity index (χ3n) is 2.87. The SMILES string of the molecule is CC(c1cccs1)N(C)Cc1cc(Cl)nc(Cl)c1. The van der Waals surface area contributed by atoms with Crippen molar-refractivity contribution in [2.24, 2.45) is 0 Å². The van der Waals surface area contributed by atoms with Crippen LogP contribution >= 0.6 is 34.5 Å². The zero-order chi connectivity index (χ0) is 13.1. The Bertz CT molecular complexity index is 493. The summed E-state index contributed by atoms with van der Waals surface area (Å²) in [5, 5.41) is 2.98. The van der Waals surface area contributed by atoms with E-state index in [0.717, 1.165) is 12.1 Å². The Labute approximate surface area is 121 Å². The largest absolute Gasteiger partial charge is 0.295 e. The van der Waals surface area contributed by atoms with Gasteiger partial charge < -0.3 is 0 Å². The second-order valence-corrected chi connectivity index (χ2v) is 5.98. The van der Waals surface area contributed by atoms with Crippen LogP contribution in [0.4, 0.5) is 0 Å². The Hall–Kier alpha value is -0.610. The van der Waals surface area contributed by atoms with Crippen LogP contribution in [0, 0.1) is 0 Å². The number of rotatable bonds is 4. The lowest BCUT2D eigenvalue weighted by atomic mass is 10.2. The molecule has 2 nitrogen and oxygen atoms in total. The first kappa shape index (κ1) is 13.8. The standard InChI is InChI=1S/C13H14Cl2N2S/c1-9(11-4-3-5-18-11)17(2)8-10-6-12(14)16-13(15)7-10/h3-7,9H,8H2,1-2H3. The molecule has 0 fully saturated rings. The highest BCUT2D eigenvalue weighted by molar-refractivity contribution is 7.10. The molecular formula is C13H14Cl2N2S. The van der Waals surface area contributed by atoms with Crippen LogP contribution in [0.25, 0.3) is 0 Å². The van der Waals surface area contributed by atoms with Gasteiger partial charge in [-0.2, -0.15) is 0 Å². The molecule has 5 heteroatoms. The highest BCUT2D eigenvalue weighted by Crippen LogP contribution is 2.25. The first-order valence-corrected chi connectivity index (χ1v) is 7.25. The molecule has 2 aromatic heterocycles. The number of nitrogens with zero attached hydrogens (tertiary/aromatic N) is 2. The minimum Gasteiger partial charge on any atom is -0.295 e. The smallest absolute Gasteiger partial charge is 0.131 e. The summed E-state index contributed by atoms with van der Waals surface area (Å²) in [6.07, 6.45) is 0. The first-order chi connectivity index (χ1) is 8.56. The molecule has 0 bridgehead atoms. The van der Waals surface area contributed by atoms with Gasteiger partial charge in [-0.05, 0) is 43.1 Å². The molecule has 0 aliphatic carbocycles. The maximum absolute atomic E-state index is 5.90. The van der Waals surface area contributed by atoms with Crippen LogP contribution < -0.4 is 0 Å². The molecule has 96 valence electrons. The van der Waals surface area contributed by atoms with Crippen LogP contribution in [-0.2, 0) is 6.54 Å². The van der Waals surface area contributed by atoms with E-state index >= 15 is 0 Å².